The molecule has 21 heavy (non-hydrogen) atoms. The molecule has 0 bridgehead atoms. The molecule has 3 nitrogen and oxygen atoms in total. The van der Waals surface area contributed by atoms with Gasteiger partial charge in [-0.25, -0.2) is 0 Å². The molecule has 110 valence electrons. The number of aromatic hydroxyl groups is 1. The first-order valence-corrected chi connectivity index (χ1v) is 7.13. The Balaban J connectivity index is 2.31. The molecule has 0 saturated heterocycles. The second-order valence-electron chi connectivity index (χ2n) is 5.41. The van der Waals surface area contributed by atoms with E-state index < -0.39 is 0 Å². The van der Waals surface area contributed by atoms with E-state index in [1.807, 2.05) is 37.3 Å². The van der Waals surface area contributed by atoms with Crippen molar-refractivity contribution >= 4 is 6.41 Å². The molecule has 1 amide bonds. The number of phenols is 1. The molecule has 0 radical (unpaired) electrons. The highest BCUT2D eigenvalue weighted by Crippen LogP contribution is 2.31. The highest BCUT2D eigenvalue weighted by atomic mass is 16.3. The highest BCUT2D eigenvalue weighted by molar-refractivity contribution is 5.47. The van der Waals surface area contributed by atoms with Crippen molar-refractivity contribution in [3.05, 3.63) is 65.7 Å². The van der Waals surface area contributed by atoms with Crippen LogP contribution < -0.4 is 0 Å². The lowest BCUT2D eigenvalue weighted by molar-refractivity contribution is -0.118. The first kappa shape index (κ1) is 15.1. The summed E-state index contributed by atoms with van der Waals surface area (Å²) >= 11 is 0. The molecule has 0 aliphatic carbocycles. The second kappa shape index (κ2) is 6.93. The fraction of sp³-hybridized carbons (Fsp3) is 0.278. The third-order valence-corrected chi connectivity index (χ3v) is 3.94. The van der Waals surface area contributed by atoms with Gasteiger partial charge in [0.15, 0.2) is 0 Å². The molecule has 2 aromatic carbocycles. The van der Waals surface area contributed by atoms with Gasteiger partial charge in [0.25, 0.3) is 0 Å². The lowest BCUT2D eigenvalue weighted by Crippen LogP contribution is -2.29. The average molecular weight is 283 g/mol. The Morgan fingerprint density at radius 3 is 2.19 bits per heavy atom. The molecule has 0 heterocycles. The third kappa shape index (κ3) is 3.85. The molecule has 0 aliphatic rings. The minimum Gasteiger partial charge on any atom is -0.508 e. The minimum absolute atomic E-state index is 0.140. The van der Waals surface area contributed by atoms with Crippen molar-refractivity contribution in [2.24, 2.45) is 0 Å². The zero-order valence-corrected chi connectivity index (χ0v) is 12.4. The summed E-state index contributed by atoms with van der Waals surface area (Å²) in [5.74, 6) is 0.466. The van der Waals surface area contributed by atoms with Gasteiger partial charge in [-0.2, -0.15) is 0 Å². The fourth-order valence-electron chi connectivity index (χ4n) is 2.47. The number of carbonyl (C=O) groups excluding carboxylic acids is 1. The molecule has 0 saturated carbocycles. The Labute approximate surface area is 125 Å². The number of rotatable bonds is 6. The number of phenolic OH excluding ortho intramolecular Hbond substituents is 1. The van der Waals surface area contributed by atoms with E-state index in [1.54, 1.807) is 24.1 Å². The van der Waals surface area contributed by atoms with Crippen LogP contribution in [0.3, 0.4) is 0 Å². The summed E-state index contributed by atoms with van der Waals surface area (Å²) in [6.07, 6.45) is 1.70. The van der Waals surface area contributed by atoms with Gasteiger partial charge in [-0.05, 0) is 36.6 Å². The summed E-state index contributed by atoms with van der Waals surface area (Å²) in [6.45, 7) is 2.05. The SMILES string of the molecule is C[C@H](C[C@@H](c1ccccc1)c1ccc(O)cc1)N(C)C=O. The minimum atomic E-state index is 0.140. The summed E-state index contributed by atoms with van der Waals surface area (Å²) in [5.41, 5.74) is 2.36. The van der Waals surface area contributed by atoms with Gasteiger partial charge in [0.1, 0.15) is 5.75 Å². The van der Waals surface area contributed by atoms with E-state index in [4.69, 9.17) is 0 Å². The van der Waals surface area contributed by atoms with Crippen molar-refractivity contribution in [3.8, 4) is 5.75 Å². The van der Waals surface area contributed by atoms with Gasteiger partial charge >= 0.3 is 0 Å². The predicted molar refractivity (Wildman–Crippen MR) is 84.3 cm³/mol. The molecule has 2 rings (SSSR count). The number of nitrogens with zero attached hydrogens (tertiary/aromatic N) is 1. The second-order valence-corrected chi connectivity index (χ2v) is 5.41. The number of carbonyl (C=O) groups is 1. The predicted octanol–water partition coefficient (Wildman–Crippen LogP) is 3.39. The number of amides is 1. The maximum atomic E-state index is 10.9. The van der Waals surface area contributed by atoms with Crippen LogP contribution in [0.25, 0.3) is 0 Å². The normalized spacial score (nSPS) is 13.4. The van der Waals surface area contributed by atoms with Crippen LogP contribution in [0.4, 0.5) is 0 Å². The van der Waals surface area contributed by atoms with Crippen LogP contribution in [0.15, 0.2) is 54.6 Å². The Hall–Kier alpha value is -2.29. The third-order valence-electron chi connectivity index (χ3n) is 3.94. The lowest BCUT2D eigenvalue weighted by atomic mass is 9.86. The van der Waals surface area contributed by atoms with Gasteiger partial charge in [0, 0.05) is 19.0 Å². The largest absolute Gasteiger partial charge is 0.508 e. The molecule has 1 N–H and O–H groups in total. The van der Waals surface area contributed by atoms with Gasteiger partial charge < -0.3 is 10.0 Å². The molecular weight excluding hydrogens is 262 g/mol. The molecule has 2 aromatic rings. The summed E-state index contributed by atoms with van der Waals surface area (Å²) in [4.78, 5) is 12.6. The first-order chi connectivity index (χ1) is 10.1. The van der Waals surface area contributed by atoms with E-state index in [-0.39, 0.29) is 17.7 Å². The first-order valence-electron chi connectivity index (χ1n) is 7.13. The fourth-order valence-corrected chi connectivity index (χ4v) is 2.47. The van der Waals surface area contributed by atoms with Gasteiger partial charge in [-0.1, -0.05) is 42.5 Å². The van der Waals surface area contributed by atoms with Gasteiger partial charge in [-0.15, -0.1) is 0 Å². The van der Waals surface area contributed by atoms with E-state index >= 15 is 0 Å². The lowest BCUT2D eigenvalue weighted by Gasteiger charge is -2.26. The van der Waals surface area contributed by atoms with Crippen molar-refractivity contribution in [2.75, 3.05) is 7.05 Å². The van der Waals surface area contributed by atoms with E-state index in [1.165, 1.54) is 5.56 Å². The molecule has 3 heteroatoms. The molecule has 2 atom stereocenters. The van der Waals surface area contributed by atoms with Crippen LogP contribution in [0.2, 0.25) is 0 Å². The summed E-state index contributed by atoms with van der Waals surface area (Å²) in [7, 11) is 1.80. The van der Waals surface area contributed by atoms with Crippen LogP contribution >= 0.6 is 0 Å². The van der Waals surface area contributed by atoms with Gasteiger partial charge in [0.2, 0.25) is 6.41 Å². The van der Waals surface area contributed by atoms with Crippen LogP contribution in [0, 0.1) is 0 Å². The van der Waals surface area contributed by atoms with E-state index in [0.29, 0.717) is 0 Å². The van der Waals surface area contributed by atoms with Crippen LogP contribution in [-0.4, -0.2) is 29.5 Å². The van der Waals surface area contributed by atoms with Crippen molar-refractivity contribution in [2.45, 2.75) is 25.3 Å². The maximum absolute atomic E-state index is 10.9. The van der Waals surface area contributed by atoms with Crippen LogP contribution in [0.5, 0.6) is 5.75 Å². The quantitative estimate of drug-likeness (QED) is 0.826. The van der Waals surface area contributed by atoms with Gasteiger partial charge in [-0.3, -0.25) is 4.79 Å². The Morgan fingerprint density at radius 2 is 1.62 bits per heavy atom. The van der Waals surface area contributed by atoms with Gasteiger partial charge in [0.05, 0.1) is 0 Å². The summed E-state index contributed by atoms with van der Waals surface area (Å²) in [5, 5.41) is 9.46. The monoisotopic (exact) mass is 283 g/mol. The molecule has 0 aromatic heterocycles. The standard InChI is InChI=1S/C18H21NO2/c1-14(19(2)13-20)12-18(15-6-4-3-5-7-15)16-8-10-17(21)11-9-16/h3-11,13-14,18,21H,12H2,1-2H3/t14-,18+/m1/s1. The zero-order valence-electron chi connectivity index (χ0n) is 12.4. The number of benzene rings is 2. The van der Waals surface area contributed by atoms with Crippen molar-refractivity contribution in [3.63, 3.8) is 0 Å². The van der Waals surface area contributed by atoms with Crippen molar-refractivity contribution < 1.29 is 9.90 Å². The highest BCUT2D eigenvalue weighted by Gasteiger charge is 2.19. The topological polar surface area (TPSA) is 40.5 Å². The van der Waals surface area contributed by atoms with E-state index in [9.17, 15) is 9.90 Å². The number of hydrogen-bond donors (Lipinski definition) is 1. The molecular formula is C18H21NO2. The van der Waals surface area contributed by atoms with Crippen LogP contribution in [-0.2, 0) is 4.79 Å². The number of hydrogen-bond acceptors (Lipinski definition) is 2. The maximum Gasteiger partial charge on any atom is 0.209 e. The van der Waals surface area contributed by atoms with Crippen molar-refractivity contribution in [1.29, 1.82) is 0 Å². The summed E-state index contributed by atoms with van der Waals surface area (Å²) in [6, 6.07) is 17.7. The molecule has 0 fully saturated rings. The molecule has 0 unspecified atom stereocenters. The summed E-state index contributed by atoms with van der Waals surface area (Å²) < 4.78 is 0. The Bertz CT molecular complexity index is 566. The van der Waals surface area contributed by atoms with Crippen LogP contribution in [0.1, 0.15) is 30.4 Å². The average Bonchev–Trinajstić information content (AvgIpc) is 2.53. The molecule has 0 spiro atoms. The Kier molecular flexibility index (Phi) is 4.99. The zero-order chi connectivity index (χ0) is 15.2. The molecule has 0 aliphatic heterocycles. The smallest absolute Gasteiger partial charge is 0.209 e. The van der Waals surface area contributed by atoms with E-state index in [0.717, 1.165) is 18.4 Å². The van der Waals surface area contributed by atoms with Crippen molar-refractivity contribution in [1.82, 2.24) is 4.90 Å². The van der Waals surface area contributed by atoms with E-state index in [2.05, 4.69) is 12.1 Å². The Morgan fingerprint density at radius 1 is 1.05 bits per heavy atom.